The predicted octanol–water partition coefficient (Wildman–Crippen LogP) is 3.23. The minimum atomic E-state index is -0.172. The SMILES string of the molecule is CCCOc1ccccc1NC(=O)CCN1C(=O)COc2ccccc21. The first-order valence-corrected chi connectivity index (χ1v) is 8.73. The van der Waals surface area contributed by atoms with E-state index in [1.807, 2.05) is 49.4 Å². The summed E-state index contributed by atoms with van der Waals surface area (Å²) in [6.07, 6.45) is 1.07. The van der Waals surface area contributed by atoms with Gasteiger partial charge in [0.2, 0.25) is 5.91 Å². The molecule has 6 heteroatoms. The molecule has 2 amide bonds. The highest BCUT2D eigenvalue weighted by Gasteiger charge is 2.25. The highest BCUT2D eigenvalue weighted by Crippen LogP contribution is 2.31. The summed E-state index contributed by atoms with van der Waals surface area (Å²) in [6.45, 7) is 2.90. The van der Waals surface area contributed by atoms with Gasteiger partial charge in [-0.2, -0.15) is 0 Å². The number of anilines is 2. The predicted molar refractivity (Wildman–Crippen MR) is 99.8 cm³/mol. The zero-order chi connectivity index (χ0) is 18.4. The van der Waals surface area contributed by atoms with Crippen LogP contribution in [0.15, 0.2) is 48.5 Å². The van der Waals surface area contributed by atoms with Gasteiger partial charge in [-0.3, -0.25) is 9.59 Å². The minimum Gasteiger partial charge on any atom is -0.491 e. The highest BCUT2D eigenvalue weighted by molar-refractivity contribution is 5.99. The second kappa shape index (κ2) is 8.38. The van der Waals surface area contributed by atoms with E-state index in [0.717, 1.165) is 6.42 Å². The summed E-state index contributed by atoms with van der Waals surface area (Å²) < 4.78 is 11.1. The second-order valence-corrected chi connectivity index (χ2v) is 5.94. The molecule has 0 aliphatic carbocycles. The molecule has 6 nitrogen and oxygen atoms in total. The number of nitrogens with one attached hydrogen (secondary N) is 1. The molecule has 26 heavy (non-hydrogen) atoms. The molecule has 2 aromatic rings. The Morgan fingerprint density at radius 1 is 1.19 bits per heavy atom. The van der Waals surface area contributed by atoms with E-state index >= 15 is 0 Å². The van der Waals surface area contributed by atoms with Crippen molar-refractivity contribution in [2.75, 3.05) is 30.0 Å². The van der Waals surface area contributed by atoms with Crippen LogP contribution in [0.25, 0.3) is 0 Å². The Bertz CT molecular complexity index is 791. The molecule has 0 bridgehead atoms. The van der Waals surface area contributed by atoms with Gasteiger partial charge in [0.1, 0.15) is 11.5 Å². The smallest absolute Gasteiger partial charge is 0.265 e. The van der Waals surface area contributed by atoms with E-state index in [1.165, 1.54) is 0 Å². The third-order valence-electron chi connectivity index (χ3n) is 3.99. The van der Waals surface area contributed by atoms with Crippen molar-refractivity contribution >= 4 is 23.2 Å². The maximum atomic E-state index is 12.4. The lowest BCUT2D eigenvalue weighted by Crippen LogP contribution is -2.40. The quantitative estimate of drug-likeness (QED) is 0.829. The number of hydrogen-bond acceptors (Lipinski definition) is 4. The van der Waals surface area contributed by atoms with Gasteiger partial charge in [0.25, 0.3) is 5.91 Å². The largest absolute Gasteiger partial charge is 0.491 e. The van der Waals surface area contributed by atoms with Crippen LogP contribution in [-0.4, -0.2) is 31.6 Å². The Morgan fingerprint density at radius 3 is 2.81 bits per heavy atom. The first-order chi connectivity index (χ1) is 12.7. The molecule has 0 saturated heterocycles. The standard InChI is InChI=1S/C20H22N2O4/c1-2-13-25-17-9-5-3-7-15(17)21-19(23)11-12-22-16-8-4-6-10-18(16)26-14-20(22)24/h3-10H,2,11-14H2,1H3,(H,21,23). The van der Waals surface area contributed by atoms with Crippen LogP contribution < -0.4 is 19.7 Å². The monoisotopic (exact) mass is 354 g/mol. The Hall–Kier alpha value is -3.02. The van der Waals surface area contributed by atoms with E-state index in [1.54, 1.807) is 11.0 Å². The van der Waals surface area contributed by atoms with E-state index in [2.05, 4.69) is 5.32 Å². The number of fused-ring (bicyclic) bond motifs is 1. The number of carbonyl (C=O) groups excluding carboxylic acids is 2. The highest BCUT2D eigenvalue weighted by atomic mass is 16.5. The van der Waals surface area contributed by atoms with Crippen LogP contribution in [0.4, 0.5) is 11.4 Å². The van der Waals surface area contributed by atoms with Crippen molar-refractivity contribution in [3.63, 3.8) is 0 Å². The van der Waals surface area contributed by atoms with Crippen LogP contribution in [0.2, 0.25) is 0 Å². The number of amides is 2. The van der Waals surface area contributed by atoms with Crippen LogP contribution in [0.5, 0.6) is 11.5 Å². The first-order valence-electron chi connectivity index (χ1n) is 8.73. The van der Waals surface area contributed by atoms with Gasteiger partial charge in [-0.15, -0.1) is 0 Å². The number of nitrogens with zero attached hydrogens (tertiary/aromatic N) is 1. The number of ether oxygens (including phenoxy) is 2. The number of hydrogen-bond donors (Lipinski definition) is 1. The van der Waals surface area contributed by atoms with Crippen molar-refractivity contribution in [3.8, 4) is 11.5 Å². The lowest BCUT2D eigenvalue weighted by atomic mass is 10.2. The average molecular weight is 354 g/mol. The maximum absolute atomic E-state index is 12.4. The van der Waals surface area contributed by atoms with Crippen molar-refractivity contribution in [3.05, 3.63) is 48.5 Å². The Balaban J connectivity index is 1.62. The summed E-state index contributed by atoms with van der Waals surface area (Å²) in [5.41, 5.74) is 1.34. The van der Waals surface area contributed by atoms with E-state index in [0.29, 0.717) is 36.0 Å². The van der Waals surface area contributed by atoms with Gasteiger partial charge in [-0.25, -0.2) is 0 Å². The van der Waals surface area contributed by atoms with Gasteiger partial charge in [-0.05, 0) is 30.7 Å². The molecule has 1 heterocycles. The van der Waals surface area contributed by atoms with Crippen LogP contribution in [0.1, 0.15) is 19.8 Å². The summed E-state index contributed by atoms with van der Waals surface area (Å²) in [6, 6.07) is 14.7. The van der Waals surface area contributed by atoms with E-state index in [4.69, 9.17) is 9.47 Å². The average Bonchev–Trinajstić information content (AvgIpc) is 2.66. The molecular formula is C20H22N2O4. The van der Waals surface area contributed by atoms with Crippen molar-refractivity contribution < 1.29 is 19.1 Å². The molecular weight excluding hydrogens is 332 g/mol. The fourth-order valence-electron chi connectivity index (χ4n) is 2.73. The molecule has 0 aromatic heterocycles. The van der Waals surface area contributed by atoms with Crippen LogP contribution >= 0.6 is 0 Å². The molecule has 0 atom stereocenters. The van der Waals surface area contributed by atoms with Gasteiger partial charge in [0.05, 0.1) is 18.0 Å². The van der Waals surface area contributed by atoms with Crippen molar-refractivity contribution in [1.82, 2.24) is 0 Å². The molecule has 0 radical (unpaired) electrons. The topological polar surface area (TPSA) is 67.9 Å². The lowest BCUT2D eigenvalue weighted by Gasteiger charge is -2.29. The second-order valence-electron chi connectivity index (χ2n) is 5.94. The van der Waals surface area contributed by atoms with Gasteiger partial charge in [0, 0.05) is 13.0 Å². The molecule has 1 N–H and O–H groups in total. The molecule has 2 aromatic carbocycles. The molecule has 3 rings (SSSR count). The summed E-state index contributed by atoms with van der Waals surface area (Å²) in [5, 5.41) is 2.86. The van der Waals surface area contributed by atoms with Crippen molar-refractivity contribution in [1.29, 1.82) is 0 Å². The zero-order valence-corrected chi connectivity index (χ0v) is 14.7. The Labute approximate surface area is 152 Å². The summed E-state index contributed by atoms with van der Waals surface area (Å²) in [5.74, 6) is 0.985. The maximum Gasteiger partial charge on any atom is 0.265 e. The summed E-state index contributed by atoms with van der Waals surface area (Å²) in [7, 11) is 0. The number of rotatable bonds is 7. The van der Waals surface area contributed by atoms with Gasteiger partial charge in [0.15, 0.2) is 6.61 Å². The molecule has 0 fully saturated rings. The summed E-state index contributed by atoms with van der Waals surface area (Å²) in [4.78, 5) is 26.1. The fourth-order valence-corrected chi connectivity index (χ4v) is 2.73. The number of carbonyl (C=O) groups is 2. The van der Waals surface area contributed by atoms with Crippen LogP contribution in [0.3, 0.4) is 0 Å². The van der Waals surface area contributed by atoms with E-state index < -0.39 is 0 Å². The minimum absolute atomic E-state index is 0.00762. The van der Waals surface area contributed by atoms with E-state index in [9.17, 15) is 9.59 Å². The first kappa shape index (κ1) is 17.8. The van der Waals surface area contributed by atoms with Crippen molar-refractivity contribution in [2.45, 2.75) is 19.8 Å². The Kier molecular flexibility index (Phi) is 5.73. The van der Waals surface area contributed by atoms with E-state index in [-0.39, 0.29) is 24.8 Å². The summed E-state index contributed by atoms with van der Waals surface area (Å²) >= 11 is 0. The third kappa shape index (κ3) is 4.14. The molecule has 0 unspecified atom stereocenters. The number of benzene rings is 2. The fraction of sp³-hybridized carbons (Fsp3) is 0.300. The Morgan fingerprint density at radius 2 is 1.96 bits per heavy atom. The molecule has 0 spiro atoms. The molecule has 1 aliphatic heterocycles. The normalized spacial score (nSPS) is 13.0. The van der Waals surface area contributed by atoms with Crippen LogP contribution in [0, 0.1) is 0 Å². The van der Waals surface area contributed by atoms with Gasteiger partial charge < -0.3 is 19.7 Å². The molecule has 1 aliphatic rings. The van der Waals surface area contributed by atoms with Crippen molar-refractivity contribution in [2.24, 2.45) is 0 Å². The van der Waals surface area contributed by atoms with Gasteiger partial charge >= 0.3 is 0 Å². The third-order valence-corrected chi connectivity index (χ3v) is 3.99. The zero-order valence-electron chi connectivity index (χ0n) is 14.7. The number of para-hydroxylation sites is 4. The van der Waals surface area contributed by atoms with Gasteiger partial charge in [-0.1, -0.05) is 31.2 Å². The van der Waals surface area contributed by atoms with Crippen LogP contribution in [-0.2, 0) is 9.59 Å². The lowest BCUT2D eigenvalue weighted by molar-refractivity contribution is -0.121. The molecule has 136 valence electrons. The molecule has 0 saturated carbocycles.